The highest BCUT2D eigenvalue weighted by Crippen LogP contribution is 2.34. The maximum absolute atomic E-state index is 13.2. The number of nitrogens with one attached hydrogen (secondary N) is 1. The van der Waals surface area contributed by atoms with E-state index >= 15 is 0 Å². The first-order valence-corrected chi connectivity index (χ1v) is 9.81. The van der Waals surface area contributed by atoms with Gasteiger partial charge in [0.25, 0.3) is 5.89 Å². The minimum Gasteiger partial charge on any atom is -0.459 e. The quantitative estimate of drug-likeness (QED) is 0.478. The zero-order chi connectivity index (χ0) is 19.7. The minimum absolute atomic E-state index is 0.0142. The molecule has 0 bridgehead atoms. The number of aromatic nitrogens is 1. The Morgan fingerprint density at radius 3 is 2.36 bits per heavy atom. The summed E-state index contributed by atoms with van der Waals surface area (Å²) in [6.45, 7) is 1.94. The highest BCUT2D eigenvalue weighted by atomic mass is 32.2. The van der Waals surface area contributed by atoms with Crippen LogP contribution in [0.1, 0.15) is 5.56 Å². The molecule has 8 heteroatoms. The van der Waals surface area contributed by atoms with E-state index < -0.39 is 15.7 Å². The summed E-state index contributed by atoms with van der Waals surface area (Å²) in [7, 11) is -4.06. The minimum atomic E-state index is -4.06. The number of hydrogen-bond acceptors (Lipinski definition) is 6. The number of benzene rings is 2. The fourth-order valence-electron chi connectivity index (χ4n) is 2.57. The van der Waals surface area contributed by atoms with Crippen LogP contribution in [0, 0.1) is 12.7 Å². The first-order chi connectivity index (χ1) is 13.4. The third-order valence-corrected chi connectivity index (χ3v) is 5.69. The summed E-state index contributed by atoms with van der Waals surface area (Å²) in [5, 5.41) is 2.63. The normalized spacial score (nSPS) is 11.5. The zero-order valence-corrected chi connectivity index (χ0v) is 15.5. The maximum Gasteiger partial charge on any atom is 0.266 e. The van der Waals surface area contributed by atoms with Gasteiger partial charge in [0.15, 0.2) is 5.76 Å². The standard InChI is InChI=1S/C20H15FN2O4S/c1-13-4-8-15(9-5-13)22-19-20(23-18(27-19)17-3-2-12-26-17)28(24,25)16-10-6-14(21)7-11-16/h2-12,22H,1H3. The van der Waals surface area contributed by atoms with Crippen LogP contribution in [0.2, 0.25) is 0 Å². The molecule has 4 aromatic rings. The van der Waals surface area contributed by atoms with Crippen LogP contribution in [0.4, 0.5) is 16.0 Å². The Labute approximate surface area is 160 Å². The van der Waals surface area contributed by atoms with Gasteiger partial charge in [-0.05, 0) is 55.5 Å². The van der Waals surface area contributed by atoms with E-state index in [0.717, 1.165) is 17.7 Å². The maximum atomic E-state index is 13.2. The fraction of sp³-hybridized carbons (Fsp3) is 0.0500. The number of hydrogen-bond donors (Lipinski definition) is 1. The predicted octanol–water partition coefficient (Wildman–Crippen LogP) is 4.96. The molecule has 0 radical (unpaired) electrons. The number of rotatable bonds is 5. The number of oxazole rings is 1. The Kier molecular flexibility index (Phi) is 4.48. The van der Waals surface area contributed by atoms with Gasteiger partial charge in [-0.25, -0.2) is 12.8 Å². The van der Waals surface area contributed by atoms with Crippen molar-refractivity contribution in [3.8, 4) is 11.7 Å². The van der Waals surface area contributed by atoms with Crippen molar-refractivity contribution in [1.29, 1.82) is 0 Å². The average molecular weight is 398 g/mol. The molecular weight excluding hydrogens is 383 g/mol. The van der Waals surface area contributed by atoms with E-state index in [0.29, 0.717) is 5.69 Å². The van der Waals surface area contributed by atoms with Gasteiger partial charge >= 0.3 is 0 Å². The molecule has 0 saturated carbocycles. The van der Waals surface area contributed by atoms with Crippen molar-refractivity contribution in [2.24, 2.45) is 0 Å². The van der Waals surface area contributed by atoms with Crippen LogP contribution in [0.25, 0.3) is 11.7 Å². The molecule has 2 aromatic carbocycles. The van der Waals surface area contributed by atoms with Gasteiger partial charge in [-0.1, -0.05) is 17.7 Å². The first-order valence-electron chi connectivity index (χ1n) is 8.32. The number of sulfone groups is 1. The van der Waals surface area contributed by atoms with Gasteiger partial charge in [-0.15, -0.1) is 0 Å². The summed E-state index contributed by atoms with van der Waals surface area (Å²) < 4.78 is 50.3. The Bertz CT molecular complexity index is 1200. The lowest BCUT2D eigenvalue weighted by Crippen LogP contribution is -2.05. The van der Waals surface area contributed by atoms with Gasteiger partial charge in [-0.2, -0.15) is 4.98 Å². The summed E-state index contributed by atoms with van der Waals surface area (Å²) in [6.07, 6.45) is 1.43. The van der Waals surface area contributed by atoms with Crippen molar-refractivity contribution in [2.75, 3.05) is 5.32 Å². The van der Waals surface area contributed by atoms with Crippen molar-refractivity contribution in [3.63, 3.8) is 0 Å². The molecule has 0 aliphatic carbocycles. The molecule has 6 nitrogen and oxygen atoms in total. The molecule has 2 aromatic heterocycles. The van der Waals surface area contributed by atoms with Crippen LogP contribution in [-0.4, -0.2) is 13.4 Å². The summed E-state index contributed by atoms with van der Waals surface area (Å²) in [4.78, 5) is 4.04. The molecule has 0 saturated heterocycles. The second-order valence-electron chi connectivity index (χ2n) is 6.08. The van der Waals surface area contributed by atoms with Gasteiger partial charge in [-0.3, -0.25) is 0 Å². The molecule has 28 heavy (non-hydrogen) atoms. The molecule has 0 aliphatic heterocycles. The second kappa shape index (κ2) is 6.97. The van der Waals surface area contributed by atoms with E-state index in [9.17, 15) is 12.8 Å². The number of halogens is 1. The Balaban J connectivity index is 1.82. The monoisotopic (exact) mass is 398 g/mol. The second-order valence-corrected chi connectivity index (χ2v) is 7.94. The Morgan fingerprint density at radius 2 is 1.71 bits per heavy atom. The summed E-state index contributed by atoms with van der Waals surface area (Å²) in [5.74, 6) is -0.291. The van der Waals surface area contributed by atoms with Crippen molar-refractivity contribution in [1.82, 2.24) is 4.98 Å². The SMILES string of the molecule is Cc1ccc(Nc2oc(-c3ccco3)nc2S(=O)(=O)c2ccc(F)cc2)cc1. The lowest BCUT2D eigenvalue weighted by molar-refractivity contribution is 0.524. The van der Waals surface area contributed by atoms with Crippen LogP contribution in [0.15, 0.2) is 85.7 Å². The van der Waals surface area contributed by atoms with E-state index in [2.05, 4.69) is 10.3 Å². The molecule has 1 N–H and O–H groups in total. The average Bonchev–Trinajstić information content (AvgIpc) is 3.34. The molecule has 142 valence electrons. The topological polar surface area (TPSA) is 85.3 Å². The lowest BCUT2D eigenvalue weighted by atomic mass is 10.2. The van der Waals surface area contributed by atoms with Gasteiger partial charge in [0.05, 0.1) is 11.2 Å². The van der Waals surface area contributed by atoms with Crippen LogP contribution in [0.5, 0.6) is 0 Å². The number of nitrogens with zero attached hydrogens (tertiary/aromatic N) is 1. The predicted molar refractivity (Wildman–Crippen MR) is 101 cm³/mol. The van der Waals surface area contributed by atoms with Crippen LogP contribution >= 0.6 is 0 Å². The molecule has 0 aliphatic rings. The molecule has 0 atom stereocenters. The third-order valence-electron chi connectivity index (χ3n) is 4.02. The van der Waals surface area contributed by atoms with E-state index in [4.69, 9.17) is 8.83 Å². The number of anilines is 2. The van der Waals surface area contributed by atoms with Crippen LogP contribution < -0.4 is 5.32 Å². The largest absolute Gasteiger partial charge is 0.459 e. The van der Waals surface area contributed by atoms with Crippen molar-refractivity contribution >= 4 is 21.4 Å². The van der Waals surface area contributed by atoms with E-state index in [1.807, 2.05) is 19.1 Å². The van der Waals surface area contributed by atoms with Crippen molar-refractivity contribution in [2.45, 2.75) is 16.8 Å². The highest BCUT2D eigenvalue weighted by molar-refractivity contribution is 7.91. The molecule has 0 amide bonds. The molecule has 4 rings (SSSR count). The molecular formula is C20H15FN2O4S. The lowest BCUT2D eigenvalue weighted by Gasteiger charge is -2.06. The molecule has 2 heterocycles. The summed E-state index contributed by atoms with van der Waals surface area (Å²) >= 11 is 0. The zero-order valence-electron chi connectivity index (χ0n) is 14.7. The van der Waals surface area contributed by atoms with Gasteiger partial charge < -0.3 is 14.2 Å². The summed E-state index contributed by atoms with van der Waals surface area (Å²) in [5.41, 5.74) is 1.68. The Morgan fingerprint density at radius 1 is 1.00 bits per heavy atom. The highest BCUT2D eigenvalue weighted by Gasteiger charge is 2.29. The van der Waals surface area contributed by atoms with Crippen LogP contribution in [0.3, 0.4) is 0 Å². The molecule has 0 fully saturated rings. The van der Waals surface area contributed by atoms with Crippen LogP contribution in [-0.2, 0) is 9.84 Å². The fourth-order valence-corrected chi connectivity index (χ4v) is 3.82. The number of aryl methyl sites for hydroxylation is 1. The van der Waals surface area contributed by atoms with E-state index in [1.165, 1.54) is 18.4 Å². The number of furan rings is 1. The summed E-state index contributed by atoms with van der Waals surface area (Å²) in [6, 6.07) is 15.1. The Hall–Kier alpha value is -3.39. The van der Waals surface area contributed by atoms with Crippen molar-refractivity contribution < 1.29 is 21.6 Å². The van der Waals surface area contributed by atoms with E-state index in [-0.39, 0.29) is 27.5 Å². The first kappa shape index (κ1) is 18.0. The molecule has 0 spiro atoms. The molecule has 0 unspecified atom stereocenters. The van der Waals surface area contributed by atoms with Crippen molar-refractivity contribution in [3.05, 3.63) is 78.3 Å². The smallest absolute Gasteiger partial charge is 0.266 e. The van der Waals surface area contributed by atoms with E-state index in [1.54, 1.807) is 24.3 Å². The third kappa shape index (κ3) is 3.41. The van der Waals surface area contributed by atoms with Gasteiger partial charge in [0.1, 0.15) is 5.82 Å². The van der Waals surface area contributed by atoms with Gasteiger partial charge in [0.2, 0.25) is 20.7 Å². The van der Waals surface area contributed by atoms with Gasteiger partial charge in [0, 0.05) is 5.69 Å².